The van der Waals surface area contributed by atoms with Crippen molar-refractivity contribution in [2.75, 3.05) is 5.32 Å². The van der Waals surface area contributed by atoms with Crippen LogP contribution in [0.5, 0.6) is 0 Å². The zero-order valence-corrected chi connectivity index (χ0v) is 15.4. The van der Waals surface area contributed by atoms with Gasteiger partial charge in [-0.2, -0.15) is 18.3 Å². The number of anilines is 1. The average molecular weight is 398 g/mol. The Morgan fingerprint density at radius 3 is 2.52 bits per heavy atom. The molecule has 0 aliphatic carbocycles. The van der Waals surface area contributed by atoms with Crippen molar-refractivity contribution in [2.45, 2.75) is 19.6 Å². The highest BCUT2D eigenvalue weighted by molar-refractivity contribution is 6.09. The van der Waals surface area contributed by atoms with Crippen LogP contribution in [0.15, 0.2) is 60.9 Å². The van der Waals surface area contributed by atoms with Crippen LogP contribution in [0.1, 0.15) is 27.2 Å². The molecule has 2 aromatic heterocycles. The third-order valence-electron chi connectivity index (χ3n) is 4.75. The maximum Gasteiger partial charge on any atom is 0.416 e. The summed E-state index contributed by atoms with van der Waals surface area (Å²) in [5.74, 6) is -0.284. The monoisotopic (exact) mass is 398 g/mol. The second-order valence-corrected chi connectivity index (χ2v) is 6.75. The molecule has 2 heterocycles. The molecular weight excluding hydrogens is 381 g/mol. The molecule has 2 aromatic carbocycles. The second kappa shape index (κ2) is 7.12. The largest absolute Gasteiger partial charge is 0.416 e. The number of nitrogens with zero attached hydrogens (tertiary/aromatic N) is 2. The van der Waals surface area contributed by atoms with Crippen molar-refractivity contribution in [1.82, 2.24) is 14.8 Å². The van der Waals surface area contributed by atoms with Crippen molar-refractivity contribution in [3.63, 3.8) is 0 Å². The number of halogens is 3. The molecule has 0 spiro atoms. The standard InChI is InChI=1S/C21H17F3N4O/c1-13-17(10-25-27-13)20(29)26-18-12-28(19-5-3-2-4-16(18)19)11-14-6-8-15(9-7-14)21(22,23)24/h2-10,12H,11H2,1H3,(H,25,27)(H,26,29). The van der Waals surface area contributed by atoms with Gasteiger partial charge < -0.3 is 9.88 Å². The van der Waals surface area contributed by atoms with Crippen LogP contribution in [0.3, 0.4) is 0 Å². The summed E-state index contributed by atoms with van der Waals surface area (Å²) in [4.78, 5) is 12.6. The average Bonchev–Trinajstić information content (AvgIpc) is 3.26. The van der Waals surface area contributed by atoms with Crippen LogP contribution in [0, 0.1) is 6.92 Å². The van der Waals surface area contributed by atoms with Gasteiger partial charge in [0, 0.05) is 23.8 Å². The molecule has 0 aliphatic rings. The number of rotatable bonds is 4. The number of hydrogen-bond donors (Lipinski definition) is 2. The zero-order valence-electron chi connectivity index (χ0n) is 15.4. The predicted octanol–water partition coefficient (Wildman–Crippen LogP) is 4.99. The Morgan fingerprint density at radius 1 is 1.14 bits per heavy atom. The molecule has 5 nitrogen and oxygen atoms in total. The van der Waals surface area contributed by atoms with Crippen LogP contribution >= 0.6 is 0 Å². The number of carbonyl (C=O) groups excluding carboxylic acids is 1. The van der Waals surface area contributed by atoms with Crippen LogP contribution in [0.2, 0.25) is 0 Å². The Hall–Kier alpha value is -3.55. The SMILES string of the molecule is Cc1[nH]ncc1C(=O)Nc1cn(Cc2ccc(C(F)(F)F)cc2)c2ccccc12. The summed E-state index contributed by atoms with van der Waals surface area (Å²) in [5, 5.41) is 10.3. The van der Waals surface area contributed by atoms with Gasteiger partial charge in [0.05, 0.1) is 28.5 Å². The normalized spacial score (nSPS) is 11.7. The number of aromatic amines is 1. The first-order chi connectivity index (χ1) is 13.8. The first kappa shape index (κ1) is 18.8. The minimum Gasteiger partial charge on any atom is -0.341 e. The number of para-hydroxylation sites is 1. The number of hydrogen-bond acceptors (Lipinski definition) is 2. The minimum absolute atomic E-state index is 0.284. The highest BCUT2D eigenvalue weighted by Gasteiger charge is 2.29. The quantitative estimate of drug-likeness (QED) is 0.509. The maximum absolute atomic E-state index is 12.8. The molecule has 4 rings (SSSR count). The number of benzene rings is 2. The van der Waals surface area contributed by atoms with E-state index in [4.69, 9.17) is 0 Å². The van der Waals surface area contributed by atoms with Crippen LogP contribution < -0.4 is 5.32 Å². The second-order valence-electron chi connectivity index (χ2n) is 6.75. The Bertz CT molecular complexity index is 1170. The van der Waals surface area contributed by atoms with Crippen LogP contribution in [-0.4, -0.2) is 20.7 Å². The van der Waals surface area contributed by atoms with E-state index < -0.39 is 11.7 Å². The van der Waals surface area contributed by atoms with E-state index in [0.717, 1.165) is 28.6 Å². The molecule has 0 unspecified atom stereocenters. The summed E-state index contributed by atoms with van der Waals surface area (Å²) >= 11 is 0. The number of amides is 1. The van der Waals surface area contributed by atoms with E-state index in [0.29, 0.717) is 23.5 Å². The number of carbonyl (C=O) groups is 1. The van der Waals surface area contributed by atoms with Gasteiger partial charge in [0.2, 0.25) is 0 Å². The van der Waals surface area contributed by atoms with Gasteiger partial charge in [-0.15, -0.1) is 0 Å². The van der Waals surface area contributed by atoms with Crippen molar-refractivity contribution in [2.24, 2.45) is 0 Å². The van der Waals surface area contributed by atoms with E-state index in [-0.39, 0.29) is 5.91 Å². The van der Waals surface area contributed by atoms with Crippen molar-refractivity contribution in [1.29, 1.82) is 0 Å². The van der Waals surface area contributed by atoms with Crippen molar-refractivity contribution >= 4 is 22.5 Å². The minimum atomic E-state index is -4.36. The Morgan fingerprint density at radius 2 is 1.86 bits per heavy atom. The predicted molar refractivity (Wildman–Crippen MR) is 104 cm³/mol. The molecule has 29 heavy (non-hydrogen) atoms. The summed E-state index contributed by atoms with van der Waals surface area (Å²) in [5.41, 5.74) is 2.65. The van der Waals surface area contributed by atoms with Crippen molar-refractivity contribution < 1.29 is 18.0 Å². The summed E-state index contributed by atoms with van der Waals surface area (Å²) in [7, 11) is 0. The van der Waals surface area contributed by atoms with E-state index in [1.54, 1.807) is 13.1 Å². The Labute approximate surface area is 164 Å². The van der Waals surface area contributed by atoms with Gasteiger partial charge in [-0.3, -0.25) is 9.89 Å². The van der Waals surface area contributed by atoms with Gasteiger partial charge in [0.25, 0.3) is 5.91 Å². The maximum atomic E-state index is 12.8. The first-order valence-electron chi connectivity index (χ1n) is 8.88. The molecule has 4 aromatic rings. The van der Waals surface area contributed by atoms with Gasteiger partial charge in [-0.05, 0) is 30.7 Å². The van der Waals surface area contributed by atoms with E-state index in [9.17, 15) is 18.0 Å². The highest BCUT2D eigenvalue weighted by atomic mass is 19.4. The summed E-state index contributed by atoms with van der Waals surface area (Å²) < 4.78 is 40.2. The Kier molecular flexibility index (Phi) is 4.62. The molecule has 1 amide bonds. The molecule has 8 heteroatoms. The van der Waals surface area contributed by atoms with Gasteiger partial charge in [-0.25, -0.2) is 0 Å². The Balaban J connectivity index is 1.64. The number of alkyl halides is 3. The van der Waals surface area contributed by atoms with Crippen LogP contribution in [-0.2, 0) is 12.7 Å². The lowest BCUT2D eigenvalue weighted by molar-refractivity contribution is -0.137. The summed E-state index contributed by atoms with van der Waals surface area (Å²) in [6, 6.07) is 12.6. The summed E-state index contributed by atoms with van der Waals surface area (Å²) in [6.45, 7) is 2.13. The molecule has 0 aliphatic heterocycles. The van der Waals surface area contributed by atoms with Gasteiger partial charge in [0.15, 0.2) is 0 Å². The van der Waals surface area contributed by atoms with E-state index in [1.807, 2.05) is 28.8 Å². The third kappa shape index (κ3) is 3.73. The fraction of sp³-hybridized carbons (Fsp3) is 0.143. The number of H-pyrrole nitrogens is 1. The smallest absolute Gasteiger partial charge is 0.341 e. The molecule has 0 atom stereocenters. The lowest BCUT2D eigenvalue weighted by Gasteiger charge is -2.09. The lowest BCUT2D eigenvalue weighted by Crippen LogP contribution is -2.12. The molecule has 0 saturated carbocycles. The number of aromatic nitrogens is 3. The van der Waals surface area contributed by atoms with E-state index in [2.05, 4.69) is 15.5 Å². The van der Waals surface area contributed by atoms with Crippen LogP contribution in [0.4, 0.5) is 18.9 Å². The topological polar surface area (TPSA) is 62.7 Å². The van der Waals surface area contributed by atoms with E-state index in [1.165, 1.54) is 18.3 Å². The van der Waals surface area contributed by atoms with Crippen molar-refractivity contribution in [3.8, 4) is 0 Å². The fourth-order valence-electron chi connectivity index (χ4n) is 3.24. The van der Waals surface area contributed by atoms with Gasteiger partial charge in [0.1, 0.15) is 0 Å². The van der Waals surface area contributed by atoms with Gasteiger partial charge >= 0.3 is 6.18 Å². The first-order valence-corrected chi connectivity index (χ1v) is 8.88. The number of aryl methyl sites for hydroxylation is 1. The zero-order chi connectivity index (χ0) is 20.6. The molecule has 0 saturated heterocycles. The molecule has 0 bridgehead atoms. The molecule has 2 N–H and O–H groups in total. The lowest BCUT2D eigenvalue weighted by atomic mass is 10.1. The summed E-state index contributed by atoms with van der Waals surface area (Å²) in [6.07, 6.45) is -1.11. The number of nitrogens with one attached hydrogen (secondary N) is 2. The molecular formula is C21H17F3N4O. The molecule has 0 fully saturated rings. The van der Waals surface area contributed by atoms with Gasteiger partial charge in [-0.1, -0.05) is 30.3 Å². The fourth-order valence-corrected chi connectivity index (χ4v) is 3.24. The van der Waals surface area contributed by atoms with E-state index >= 15 is 0 Å². The molecule has 0 radical (unpaired) electrons. The van der Waals surface area contributed by atoms with Crippen LogP contribution in [0.25, 0.3) is 10.9 Å². The third-order valence-corrected chi connectivity index (χ3v) is 4.75. The molecule has 148 valence electrons. The van der Waals surface area contributed by atoms with Crippen molar-refractivity contribution in [3.05, 3.63) is 83.3 Å². The number of fused-ring (bicyclic) bond motifs is 1. The highest BCUT2D eigenvalue weighted by Crippen LogP contribution is 2.30.